The van der Waals surface area contributed by atoms with E-state index in [4.69, 9.17) is 4.74 Å². The van der Waals surface area contributed by atoms with Crippen LogP contribution in [0.15, 0.2) is 46.5 Å². The number of aryl methyl sites for hydroxylation is 1. The highest BCUT2D eigenvalue weighted by molar-refractivity contribution is 5.89. The normalized spacial score (nSPS) is 15.4. The van der Waals surface area contributed by atoms with Gasteiger partial charge in [-0.1, -0.05) is 24.3 Å². The van der Waals surface area contributed by atoms with Crippen LogP contribution in [-0.4, -0.2) is 28.8 Å². The number of fused-ring (bicyclic) bond motifs is 3. The summed E-state index contributed by atoms with van der Waals surface area (Å²) in [4.78, 5) is 15.3. The minimum absolute atomic E-state index is 0.412. The Balaban J connectivity index is 1.97. The molecule has 0 fully saturated rings. The molecule has 118 valence electrons. The number of pyridine rings is 1. The van der Waals surface area contributed by atoms with Crippen molar-refractivity contribution in [1.29, 1.82) is 0 Å². The van der Waals surface area contributed by atoms with Crippen LogP contribution >= 0.6 is 0 Å². The molecule has 0 radical (unpaired) electrons. The quantitative estimate of drug-likeness (QED) is 0.596. The summed E-state index contributed by atoms with van der Waals surface area (Å²) in [6.45, 7) is 6.92. The first kappa shape index (κ1) is 15.2. The van der Waals surface area contributed by atoms with Crippen molar-refractivity contribution in [2.45, 2.75) is 27.3 Å². The van der Waals surface area contributed by atoms with E-state index in [9.17, 15) is 0 Å². The second-order valence-electron chi connectivity index (χ2n) is 5.35. The molecule has 23 heavy (non-hydrogen) atoms. The molecule has 0 saturated carbocycles. The fraction of sp³-hybridized carbons (Fsp3) is 0.278. The van der Waals surface area contributed by atoms with Gasteiger partial charge < -0.3 is 9.64 Å². The fourth-order valence-corrected chi connectivity index (χ4v) is 2.56. The van der Waals surface area contributed by atoms with E-state index in [0.29, 0.717) is 19.2 Å². The maximum atomic E-state index is 6.00. The van der Waals surface area contributed by atoms with Gasteiger partial charge >= 0.3 is 0 Å². The summed E-state index contributed by atoms with van der Waals surface area (Å²) >= 11 is 0. The zero-order chi connectivity index (χ0) is 16.2. The molecule has 5 heteroatoms. The van der Waals surface area contributed by atoms with E-state index in [1.807, 2.05) is 37.8 Å². The van der Waals surface area contributed by atoms with Gasteiger partial charge in [-0.3, -0.25) is 0 Å². The average Bonchev–Trinajstić information content (AvgIpc) is 2.58. The molecule has 2 heterocycles. The zero-order valence-corrected chi connectivity index (χ0v) is 13.7. The third-order valence-electron chi connectivity index (χ3n) is 3.63. The van der Waals surface area contributed by atoms with E-state index < -0.39 is 0 Å². The SMILES string of the molecule is C\C=N/C(=N\C=C\C)N1COc2c(ccc3ccc(C)nc23)C1. The minimum Gasteiger partial charge on any atom is -0.470 e. The number of aliphatic imine (C=N–C) groups is 2. The van der Waals surface area contributed by atoms with Crippen LogP contribution in [-0.2, 0) is 6.54 Å². The Labute approximate surface area is 136 Å². The predicted octanol–water partition coefficient (Wildman–Crippen LogP) is 3.68. The van der Waals surface area contributed by atoms with Crippen LogP contribution < -0.4 is 4.74 Å². The topological polar surface area (TPSA) is 50.1 Å². The lowest BCUT2D eigenvalue weighted by Gasteiger charge is -2.30. The third kappa shape index (κ3) is 3.08. The zero-order valence-electron chi connectivity index (χ0n) is 13.7. The van der Waals surface area contributed by atoms with Crippen LogP contribution in [0.2, 0.25) is 0 Å². The Morgan fingerprint density at radius 3 is 2.87 bits per heavy atom. The summed E-state index contributed by atoms with van der Waals surface area (Å²) in [7, 11) is 0. The molecule has 1 aliphatic heterocycles. The number of nitrogens with zero attached hydrogens (tertiary/aromatic N) is 4. The van der Waals surface area contributed by atoms with E-state index in [1.165, 1.54) is 0 Å². The van der Waals surface area contributed by atoms with Crippen molar-refractivity contribution in [2.75, 3.05) is 6.73 Å². The molecular formula is C18H20N4O. The van der Waals surface area contributed by atoms with Gasteiger partial charge in [0.2, 0.25) is 5.96 Å². The number of hydrogen-bond donors (Lipinski definition) is 0. The molecule has 0 aliphatic carbocycles. The summed E-state index contributed by atoms with van der Waals surface area (Å²) in [5, 5.41) is 1.09. The van der Waals surface area contributed by atoms with Crippen molar-refractivity contribution in [2.24, 2.45) is 9.98 Å². The van der Waals surface area contributed by atoms with Gasteiger partial charge in [-0.05, 0) is 26.8 Å². The van der Waals surface area contributed by atoms with Crippen LogP contribution in [0.3, 0.4) is 0 Å². The van der Waals surface area contributed by atoms with Crippen LogP contribution in [0.25, 0.3) is 10.9 Å². The molecule has 1 aromatic carbocycles. The number of benzene rings is 1. The first-order valence-electron chi connectivity index (χ1n) is 7.67. The van der Waals surface area contributed by atoms with Gasteiger partial charge in [0.25, 0.3) is 0 Å². The Bertz CT molecular complexity index is 808. The van der Waals surface area contributed by atoms with Crippen LogP contribution in [0.5, 0.6) is 5.75 Å². The van der Waals surface area contributed by atoms with Gasteiger partial charge in [0.1, 0.15) is 5.52 Å². The average molecular weight is 308 g/mol. The molecular weight excluding hydrogens is 288 g/mol. The number of rotatable bonds is 1. The fourth-order valence-electron chi connectivity index (χ4n) is 2.56. The maximum absolute atomic E-state index is 6.00. The minimum atomic E-state index is 0.412. The number of allylic oxidation sites excluding steroid dienone is 1. The molecule has 1 aliphatic rings. The largest absolute Gasteiger partial charge is 0.470 e. The van der Waals surface area contributed by atoms with Crippen molar-refractivity contribution in [3.05, 3.63) is 47.8 Å². The molecule has 1 aromatic heterocycles. The van der Waals surface area contributed by atoms with Crippen molar-refractivity contribution in [1.82, 2.24) is 9.88 Å². The number of ether oxygens (including phenoxy) is 1. The third-order valence-corrected chi connectivity index (χ3v) is 3.63. The van der Waals surface area contributed by atoms with E-state index in [1.54, 1.807) is 12.4 Å². The first-order valence-corrected chi connectivity index (χ1v) is 7.67. The molecule has 0 bridgehead atoms. The molecule has 0 spiro atoms. The summed E-state index contributed by atoms with van der Waals surface area (Å²) in [5.41, 5.74) is 3.01. The van der Waals surface area contributed by atoms with Gasteiger partial charge in [-0.25, -0.2) is 15.0 Å². The Morgan fingerprint density at radius 1 is 1.26 bits per heavy atom. The molecule has 0 saturated heterocycles. The van der Waals surface area contributed by atoms with Crippen molar-refractivity contribution in [3.8, 4) is 5.75 Å². The monoisotopic (exact) mass is 308 g/mol. The second kappa shape index (κ2) is 6.60. The van der Waals surface area contributed by atoms with Crippen LogP contribution in [0, 0.1) is 6.92 Å². The summed E-state index contributed by atoms with van der Waals surface area (Å²) in [5.74, 6) is 1.52. The highest BCUT2D eigenvalue weighted by Gasteiger charge is 2.22. The van der Waals surface area contributed by atoms with Crippen LogP contribution in [0.4, 0.5) is 0 Å². The van der Waals surface area contributed by atoms with Crippen molar-refractivity contribution >= 4 is 23.1 Å². The second-order valence-corrected chi connectivity index (χ2v) is 5.35. The molecule has 3 rings (SSSR count). The van der Waals surface area contributed by atoms with Crippen LogP contribution in [0.1, 0.15) is 25.1 Å². The van der Waals surface area contributed by atoms with E-state index in [0.717, 1.165) is 27.9 Å². The highest BCUT2D eigenvalue weighted by atomic mass is 16.5. The van der Waals surface area contributed by atoms with Gasteiger partial charge in [0.15, 0.2) is 12.5 Å². The lowest BCUT2D eigenvalue weighted by atomic mass is 10.1. The lowest BCUT2D eigenvalue weighted by molar-refractivity contribution is 0.160. The van der Waals surface area contributed by atoms with E-state index >= 15 is 0 Å². The van der Waals surface area contributed by atoms with Crippen molar-refractivity contribution < 1.29 is 4.74 Å². The molecule has 0 atom stereocenters. The molecule has 0 unspecified atom stereocenters. The molecule has 0 N–H and O–H groups in total. The Hall–Kier alpha value is -2.69. The first-order chi connectivity index (χ1) is 11.2. The smallest absolute Gasteiger partial charge is 0.227 e. The van der Waals surface area contributed by atoms with Gasteiger partial charge in [0.05, 0.1) is 6.54 Å². The molecule has 0 amide bonds. The number of guanidine groups is 1. The summed E-state index contributed by atoms with van der Waals surface area (Å²) < 4.78 is 6.00. The number of aromatic nitrogens is 1. The van der Waals surface area contributed by atoms with E-state index in [-0.39, 0.29) is 0 Å². The van der Waals surface area contributed by atoms with Gasteiger partial charge in [-0.15, -0.1) is 0 Å². The lowest BCUT2D eigenvalue weighted by Crippen LogP contribution is -2.36. The molecule has 5 nitrogen and oxygen atoms in total. The standard InChI is InChI=1S/C18H20N4O/c1-4-10-20-18(19-5-2)22-11-15-9-8-14-7-6-13(3)21-16(14)17(15)23-12-22/h4-10H,11-12H2,1-3H3/b10-4+,19-5-,20-18+. The molecule has 2 aromatic rings. The number of hydrogen-bond acceptors (Lipinski definition) is 3. The summed E-state index contributed by atoms with van der Waals surface area (Å²) in [6, 6.07) is 8.26. The maximum Gasteiger partial charge on any atom is 0.227 e. The van der Waals surface area contributed by atoms with Gasteiger partial charge in [0, 0.05) is 29.1 Å². The van der Waals surface area contributed by atoms with Gasteiger partial charge in [-0.2, -0.15) is 0 Å². The highest BCUT2D eigenvalue weighted by Crippen LogP contribution is 2.32. The Morgan fingerprint density at radius 2 is 2.09 bits per heavy atom. The summed E-state index contributed by atoms with van der Waals surface area (Å²) in [6.07, 6.45) is 5.36. The predicted molar refractivity (Wildman–Crippen MR) is 93.9 cm³/mol. The Kier molecular flexibility index (Phi) is 4.37. The van der Waals surface area contributed by atoms with E-state index in [2.05, 4.69) is 33.2 Å². The van der Waals surface area contributed by atoms with Crippen molar-refractivity contribution in [3.63, 3.8) is 0 Å².